The van der Waals surface area contributed by atoms with Gasteiger partial charge in [-0.2, -0.15) is 9.29 Å². The van der Waals surface area contributed by atoms with Gasteiger partial charge in [0.25, 0.3) is 11.8 Å². The van der Waals surface area contributed by atoms with E-state index in [1.807, 2.05) is 0 Å². The van der Waals surface area contributed by atoms with E-state index in [9.17, 15) is 18.0 Å². The van der Waals surface area contributed by atoms with Crippen LogP contribution in [0.4, 0.5) is 5.69 Å². The van der Waals surface area contributed by atoms with Gasteiger partial charge in [0.15, 0.2) is 11.9 Å². The molecule has 1 aliphatic rings. The highest BCUT2D eigenvalue weighted by atomic mass is 35.5. The van der Waals surface area contributed by atoms with Crippen molar-refractivity contribution in [1.82, 2.24) is 19.8 Å². The quantitative estimate of drug-likeness (QED) is 0.303. The lowest BCUT2D eigenvalue weighted by molar-refractivity contribution is -0.128. The molecule has 0 spiro atoms. The second-order valence-electron chi connectivity index (χ2n) is 9.06. The van der Waals surface area contributed by atoms with Gasteiger partial charge in [0.2, 0.25) is 15.9 Å². The molecule has 1 atom stereocenters. The van der Waals surface area contributed by atoms with Crippen LogP contribution >= 0.6 is 34.5 Å². The van der Waals surface area contributed by atoms with Gasteiger partial charge in [-0.15, -0.1) is 11.3 Å². The maximum absolute atomic E-state index is 13.8. The summed E-state index contributed by atoms with van der Waals surface area (Å²) < 4.78 is 38.1. The fourth-order valence-corrected chi connectivity index (χ4v) is 6.68. The highest BCUT2D eigenvalue weighted by Gasteiger charge is 2.36. The Balaban J connectivity index is 1.34. The minimum atomic E-state index is -3.83. The molecule has 1 aliphatic heterocycles. The number of hydrogen-bond donors (Lipinski definition) is 1. The summed E-state index contributed by atoms with van der Waals surface area (Å²) in [5.74, 6) is 0.106. The molecule has 3 heterocycles. The van der Waals surface area contributed by atoms with E-state index in [1.165, 1.54) is 36.2 Å². The van der Waals surface area contributed by atoms with Crippen molar-refractivity contribution in [2.45, 2.75) is 31.0 Å². The highest BCUT2D eigenvalue weighted by molar-refractivity contribution is 7.89. The average Bonchev–Trinajstić information content (AvgIpc) is 3.55. The van der Waals surface area contributed by atoms with Gasteiger partial charge in [-0.25, -0.2) is 8.42 Å². The Labute approximate surface area is 249 Å². The number of amides is 2. The van der Waals surface area contributed by atoms with Crippen LogP contribution < -0.4 is 15.0 Å². The number of carbonyl (C=O) groups is 2. The predicted octanol–water partition coefficient (Wildman–Crippen LogP) is 4.29. The van der Waals surface area contributed by atoms with E-state index in [2.05, 4.69) is 15.5 Å². The molecule has 0 radical (unpaired) electrons. The number of benzene rings is 2. The summed E-state index contributed by atoms with van der Waals surface area (Å²) in [6.45, 7) is 1.52. The summed E-state index contributed by atoms with van der Waals surface area (Å²) in [5, 5.41) is 8.58. The number of fused-ring (bicyclic) bond motifs is 1. The fraction of sp³-hybridized carbons (Fsp3) is 0.231. The maximum Gasteiger partial charge on any atom is 0.270 e. The zero-order chi connectivity index (χ0) is 29.3. The van der Waals surface area contributed by atoms with Crippen molar-refractivity contribution in [2.75, 3.05) is 18.5 Å². The molecule has 0 aliphatic carbocycles. The minimum Gasteiger partial charge on any atom is -0.477 e. The number of aryl methyl sites for hydroxylation is 1. The van der Waals surface area contributed by atoms with Gasteiger partial charge in [-0.1, -0.05) is 40.5 Å². The number of thiophene rings is 1. The zero-order valence-electron chi connectivity index (χ0n) is 21.7. The van der Waals surface area contributed by atoms with Crippen LogP contribution in [0.2, 0.25) is 10.0 Å². The van der Waals surface area contributed by atoms with Crippen molar-refractivity contribution in [3.8, 4) is 5.75 Å². The van der Waals surface area contributed by atoms with Crippen LogP contribution in [0.25, 0.3) is 0 Å². The van der Waals surface area contributed by atoms with E-state index in [4.69, 9.17) is 32.5 Å². The van der Waals surface area contributed by atoms with E-state index >= 15 is 0 Å². The van der Waals surface area contributed by atoms with Crippen molar-refractivity contribution in [3.63, 3.8) is 0 Å². The van der Waals surface area contributed by atoms with Crippen molar-refractivity contribution >= 4 is 62.1 Å². The van der Waals surface area contributed by atoms with Crippen molar-refractivity contribution in [2.24, 2.45) is 0 Å². The molecule has 2 amide bonds. The molecule has 2 aromatic carbocycles. The number of nitrogens with one attached hydrogen (secondary N) is 1. The maximum atomic E-state index is 13.8. The molecule has 1 N–H and O–H groups in total. The number of ether oxygens (including phenoxy) is 1. The first-order valence-corrected chi connectivity index (χ1v) is 15.2. The first-order valence-electron chi connectivity index (χ1n) is 12.2. The van der Waals surface area contributed by atoms with E-state index in [1.54, 1.807) is 36.6 Å². The monoisotopic (exact) mass is 635 g/mol. The molecule has 0 bridgehead atoms. The van der Waals surface area contributed by atoms with Gasteiger partial charge in [-0.3, -0.25) is 14.5 Å². The first kappa shape index (κ1) is 29.0. The van der Waals surface area contributed by atoms with Crippen LogP contribution in [0.5, 0.6) is 5.75 Å². The Hall–Kier alpha value is -3.49. The van der Waals surface area contributed by atoms with E-state index in [-0.39, 0.29) is 40.3 Å². The first-order chi connectivity index (χ1) is 19.5. The van der Waals surface area contributed by atoms with Crippen LogP contribution in [-0.4, -0.2) is 54.4 Å². The number of rotatable bonds is 8. The number of carbonyl (C=O) groups excluding carboxylic acids is 2. The number of anilines is 1. The SMILES string of the molecule is Cc1noc(CNC(=O)C2CN(C(=O)c3scc(CN(C)S(=O)(=O)c4ccc(Cl)cc4)c3Cl)c3ccccc3O2)n1. The molecule has 0 saturated heterocycles. The predicted molar refractivity (Wildman–Crippen MR) is 153 cm³/mol. The lowest BCUT2D eigenvalue weighted by Crippen LogP contribution is -2.50. The third-order valence-electron chi connectivity index (χ3n) is 6.20. The lowest BCUT2D eigenvalue weighted by atomic mass is 10.1. The number of para-hydroxylation sites is 2. The molecular weight excluding hydrogens is 613 g/mol. The van der Waals surface area contributed by atoms with Crippen LogP contribution in [0, 0.1) is 6.92 Å². The van der Waals surface area contributed by atoms with Crippen LogP contribution in [0.1, 0.15) is 27.0 Å². The number of sulfonamides is 1. The summed E-state index contributed by atoms with van der Waals surface area (Å²) >= 11 is 13.6. The molecule has 5 rings (SSSR count). The molecule has 1 unspecified atom stereocenters. The Bertz CT molecular complexity index is 1710. The lowest BCUT2D eigenvalue weighted by Gasteiger charge is -2.34. The third kappa shape index (κ3) is 6.09. The van der Waals surface area contributed by atoms with Crippen LogP contribution in [0.15, 0.2) is 63.3 Å². The van der Waals surface area contributed by atoms with Crippen molar-refractivity contribution in [1.29, 1.82) is 0 Å². The van der Waals surface area contributed by atoms with E-state index < -0.39 is 27.9 Å². The summed E-state index contributed by atoms with van der Waals surface area (Å²) in [6.07, 6.45) is -1.02. The average molecular weight is 637 g/mol. The van der Waals surface area contributed by atoms with Gasteiger partial charge >= 0.3 is 0 Å². The number of aromatic nitrogens is 2. The summed E-state index contributed by atoms with van der Waals surface area (Å²) in [5.41, 5.74) is 0.938. The van der Waals surface area contributed by atoms with E-state index in [0.29, 0.717) is 27.8 Å². The van der Waals surface area contributed by atoms with Crippen molar-refractivity contribution in [3.05, 3.63) is 86.1 Å². The van der Waals surface area contributed by atoms with Gasteiger partial charge in [0.1, 0.15) is 10.6 Å². The number of nitrogens with zero attached hydrogens (tertiary/aromatic N) is 4. The normalized spacial score (nSPS) is 15.0. The Morgan fingerprint density at radius 2 is 1.90 bits per heavy atom. The van der Waals surface area contributed by atoms with Crippen LogP contribution in [-0.2, 0) is 27.9 Å². The number of hydrogen-bond acceptors (Lipinski definition) is 9. The Morgan fingerprint density at radius 1 is 1.17 bits per heavy atom. The Kier molecular flexibility index (Phi) is 8.34. The van der Waals surface area contributed by atoms with Gasteiger partial charge in [-0.05, 0) is 54.3 Å². The smallest absolute Gasteiger partial charge is 0.270 e. The molecule has 15 heteroatoms. The van der Waals surface area contributed by atoms with Gasteiger partial charge in [0.05, 0.1) is 28.7 Å². The minimum absolute atomic E-state index is 0.00167. The largest absolute Gasteiger partial charge is 0.477 e. The second-order valence-corrected chi connectivity index (χ2v) is 12.8. The zero-order valence-corrected chi connectivity index (χ0v) is 24.9. The molecule has 2 aromatic heterocycles. The number of halogens is 2. The van der Waals surface area contributed by atoms with Gasteiger partial charge in [0, 0.05) is 18.6 Å². The highest BCUT2D eigenvalue weighted by Crippen LogP contribution is 2.37. The summed E-state index contributed by atoms with van der Waals surface area (Å²) in [7, 11) is -2.41. The summed E-state index contributed by atoms with van der Waals surface area (Å²) in [6, 6.07) is 12.7. The standard InChI is InChI=1S/C26H23Cl2N5O6S2/c1-15-30-22(39-31-15)11-29-25(34)21-13-33(19-5-3-4-6-20(19)38-21)26(35)24-23(28)16(14-40-24)12-32(2)41(36,37)18-9-7-17(27)8-10-18/h3-10,14,21H,11-13H2,1-2H3,(H,29,34). The topological polar surface area (TPSA) is 135 Å². The molecule has 4 aromatic rings. The van der Waals surface area contributed by atoms with Crippen LogP contribution in [0.3, 0.4) is 0 Å². The van der Waals surface area contributed by atoms with E-state index in [0.717, 1.165) is 15.6 Å². The molecule has 0 fully saturated rings. The Morgan fingerprint density at radius 3 is 2.61 bits per heavy atom. The van der Waals surface area contributed by atoms with Crippen molar-refractivity contribution < 1.29 is 27.3 Å². The summed E-state index contributed by atoms with van der Waals surface area (Å²) in [4.78, 5) is 32.5. The van der Waals surface area contributed by atoms with Gasteiger partial charge < -0.3 is 14.6 Å². The third-order valence-corrected chi connectivity index (χ3v) is 9.83. The molecule has 41 heavy (non-hydrogen) atoms. The fourth-order valence-electron chi connectivity index (χ4n) is 4.12. The molecule has 214 valence electrons. The molecule has 0 saturated carbocycles. The molecular formula is C26H23Cl2N5O6S2. The molecule has 11 nitrogen and oxygen atoms in total. The second kappa shape index (κ2) is 11.8.